The van der Waals surface area contributed by atoms with Gasteiger partial charge >= 0.3 is 0 Å². The largest absolute Gasteiger partial charge is 0.493 e. The summed E-state index contributed by atoms with van der Waals surface area (Å²) >= 11 is 0. The molecule has 1 saturated heterocycles. The summed E-state index contributed by atoms with van der Waals surface area (Å²) in [5.74, 6) is 2.60. The number of benzene rings is 2. The van der Waals surface area contributed by atoms with E-state index in [9.17, 15) is 5.26 Å². The van der Waals surface area contributed by atoms with Gasteiger partial charge in [-0.15, -0.1) is 0 Å². The Kier molecular flexibility index (Phi) is 8.87. The highest BCUT2D eigenvalue weighted by atomic mass is 16.7. The highest BCUT2D eigenvalue weighted by Gasteiger charge is 2.57. The SMILES string of the molecule is C=CCOc1c(C)c2c(c3c1C[C@H]1[C@H]4c5c(cc(C)c(OC)c5OCOC)C[C@@H]([C@H](C#N)N1[C@H]3COC(C)(C)OC)N4C)OCO2. The van der Waals surface area contributed by atoms with Gasteiger partial charge in [-0.2, -0.15) is 5.26 Å². The van der Waals surface area contributed by atoms with E-state index in [-0.39, 0.29) is 44.4 Å². The zero-order valence-corrected chi connectivity index (χ0v) is 28.1. The molecule has 4 aliphatic rings. The van der Waals surface area contributed by atoms with Crippen molar-refractivity contribution in [1.82, 2.24) is 9.80 Å². The Labute approximate surface area is 271 Å². The standard InChI is InChI=1S/C35H45N3O8/c1-10-11-42-31-20(3)32-34(45-18-44-32)28-22(31)14-24-29-27-21(12-19(2)30(40-8)33(27)43-17-39-7)13-23(37(29)6)25(15-36)38(24)26(28)16-46-35(4,5)41-9/h10,12,23-26,29H,1,11,13-14,16-18H2,2-9H3/t23-,24-,25-,26-,29-/m0/s1. The summed E-state index contributed by atoms with van der Waals surface area (Å²) in [5.41, 5.74) is 6.01. The number of fused-ring (bicyclic) bond motifs is 9. The second-order valence-corrected chi connectivity index (χ2v) is 12.8. The minimum absolute atomic E-state index is 0.0783. The zero-order valence-electron chi connectivity index (χ0n) is 28.1. The molecule has 5 atom stereocenters. The number of ether oxygens (including phenoxy) is 8. The van der Waals surface area contributed by atoms with Gasteiger partial charge in [-0.3, -0.25) is 9.80 Å². The van der Waals surface area contributed by atoms with Crippen LogP contribution in [-0.4, -0.2) is 88.9 Å². The van der Waals surface area contributed by atoms with Crippen molar-refractivity contribution in [2.75, 3.05) is 55.2 Å². The number of nitriles is 1. The lowest BCUT2D eigenvalue weighted by atomic mass is 9.71. The maximum absolute atomic E-state index is 10.9. The Morgan fingerprint density at radius 3 is 2.48 bits per heavy atom. The number of nitrogens with zero attached hydrogens (tertiary/aromatic N) is 3. The second kappa shape index (κ2) is 12.6. The van der Waals surface area contributed by atoms with Gasteiger partial charge in [-0.25, -0.2) is 0 Å². The van der Waals surface area contributed by atoms with E-state index in [2.05, 4.69) is 35.6 Å². The van der Waals surface area contributed by atoms with Crippen LogP contribution in [0, 0.1) is 25.2 Å². The predicted octanol–water partition coefficient (Wildman–Crippen LogP) is 4.76. The van der Waals surface area contributed by atoms with Gasteiger partial charge in [0.15, 0.2) is 35.6 Å². The quantitative estimate of drug-likeness (QED) is 0.252. The van der Waals surface area contributed by atoms with Crippen molar-refractivity contribution in [2.45, 2.75) is 76.5 Å². The summed E-state index contributed by atoms with van der Waals surface area (Å²) < 4.78 is 48.4. The van der Waals surface area contributed by atoms with E-state index in [0.29, 0.717) is 42.4 Å². The molecule has 2 bridgehead atoms. The second-order valence-electron chi connectivity index (χ2n) is 12.8. The van der Waals surface area contributed by atoms with E-state index in [1.807, 2.05) is 27.7 Å². The molecule has 0 aliphatic carbocycles. The fraction of sp³-hybridized carbons (Fsp3) is 0.571. The summed E-state index contributed by atoms with van der Waals surface area (Å²) in [4.78, 5) is 4.69. The van der Waals surface area contributed by atoms with E-state index in [1.54, 1.807) is 27.4 Å². The molecule has 11 heteroatoms. The van der Waals surface area contributed by atoms with E-state index in [1.165, 1.54) is 0 Å². The van der Waals surface area contributed by atoms with Crippen LogP contribution < -0.4 is 23.7 Å². The Hall–Kier alpha value is -3.53. The minimum atomic E-state index is -0.857. The van der Waals surface area contributed by atoms with Crippen LogP contribution in [0.5, 0.6) is 28.7 Å². The van der Waals surface area contributed by atoms with E-state index in [4.69, 9.17) is 37.9 Å². The Morgan fingerprint density at radius 2 is 1.80 bits per heavy atom. The van der Waals surface area contributed by atoms with Crippen LogP contribution in [-0.2, 0) is 27.1 Å². The van der Waals surface area contributed by atoms with E-state index in [0.717, 1.165) is 39.1 Å². The van der Waals surface area contributed by atoms with Gasteiger partial charge in [0.25, 0.3) is 0 Å². The molecule has 0 N–H and O–H groups in total. The summed E-state index contributed by atoms with van der Waals surface area (Å²) in [5, 5.41) is 10.9. The van der Waals surface area contributed by atoms with Crippen molar-refractivity contribution in [2.24, 2.45) is 0 Å². The summed E-state index contributed by atoms with van der Waals surface area (Å²) in [6.07, 6.45) is 2.99. The van der Waals surface area contributed by atoms with Crippen molar-refractivity contribution in [3.8, 4) is 34.8 Å². The molecule has 1 fully saturated rings. The molecule has 0 spiro atoms. The molecule has 248 valence electrons. The summed E-state index contributed by atoms with van der Waals surface area (Å²) in [6.45, 7) is 12.5. The van der Waals surface area contributed by atoms with Gasteiger partial charge in [0, 0.05) is 48.6 Å². The number of aryl methyl sites for hydroxylation is 1. The van der Waals surface area contributed by atoms with Crippen molar-refractivity contribution >= 4 is 0 Å². The Bertz CT molecular complexity index is 1550. The number of piperazine rings is 1. The van der Waals surface area contributed by atoms with Gasteiger partial charge in [0.2, 0.25) is 6.79 Å². The molecule has 0 aromatic heterocycles. The number of methoxy groups -OCH3 is 3. The van der Waals surface area contributed by atoms with Crippen molar-refractivity contribution in [1.29, 1.82) is 5.26 Å². The average Bonchev–Trinajstić information content (AvgIpc) is 3.53. The highest BCUT2D eigenvalue weighted by molar-refractivity contribution is 5.66. The number of rotatable bonds is 11. The molecule has 6 rings (SSSR count). The van der Waals surface area contributed by atoms with Gasteiger partial charge in [-0.1, -0.05) is 18.7 Å². The molecule has 0 saturated carbocycles. The predicted molar refractivity (Wildman–Crippen MR) is 170 cm³/mol. The lowest BCUT2D eigenvalue weighted by molar-refractivity contribution is -0.212. The minimum Gasteiger partial charge on any atom is -0.493 e. The third kappa shape index (κ3) is 5.07. The first kappa shape index (κ1) is 32.4. The van der Waals surface area contributed by atoms with Gasteiger partial charge in [-0.05, 0) is 58.7 Å². The molecule has 2 aromatic rings. The molecular weight excluding hydrogens is 590 g/mol. The van der Waals surface area contributed by atoms with Crippen LogP contribution in [0.1, 0.15) is 59.3 Å². The first-order valence-electron chi connectivity index (χ1n) is 15.7. The number of hydrogen-bond acceptors (Lipinski definition) is 11. The summed E-state index contributed by atoms with van der Waals surface area (Å²) in [7, 11) is 7.02. The molecule has 4 aliphatic heterocycles. The topological polar surface area (TPSA) is 104 Å². The summed E-state index contributed by atoms with van der Waals surface area (Å²) in [6, 6.07) is 3.67. The molecule has 2 aromatic carbocycles. The van der Waals surface area contributed by atoms with Crippen LogP contribution in [0.2, 0.25) is 0 Å². The van der Waals surface area contributed by atoms with Gasteiger partial charge in [0.1, 0.15) is 18.4 Å². The molecule has 0 radical (unpaired) electrons. The Balaban J connectivity index is 1.61. The van der Waals surface area contributed by atoms with Crippen LogP contribution >= 0.6 is 0 Å². The zero-order chi connectivity index (χ0) is 32.9. The smallest absolute Gasteiger partial charge is 0.231 e. The van der Waals surface area contributed by atoms with Gasteiger partial charge in [0.05, 0.1) is 31.9 Å². The lowest BCUT2D eigenvalue weighted by Crippen LogP contribution is -2.68. The molecule has 4 heterocycles. The Morgan fingerprint density at radius 1 is 1.04 bits per heavy atom. The monoisotopic (exact) mass is 635 g/mol. The van der Waals surface area contributed by atoms with Crippen molar-refractivity contribution in [3.05, 3.63) is 52.1 Å². The first-order chi connectivity index (χ1) is 22.1. The fourth-order valence-corrected chi connectivity index (χ4v) is 7.90. The number of hydrogen-bond donors (Lipinski definition) is 0. The molecule has 0 unspecified atom stereocenters. The van der Waals surface area contributed by atoms with Crippen molar-refractivity contribution in [3.63, 3.8) is 0 Å². The average molecular weight is 636 g/mol. The van der Waals surface area contributed by atoms with E-state index < -0.39 is 11.8 Å². The first-order valence-corrected chi connectivity index (χ1v) is 15.7. The highest BCUT2D eigenvalue weighted by Crippen LogP contribution is 2.58. The van der Waals surface area contributed by atoms with Crippen LogP contribution in [0.4, 0.5) is 0 Å². The van der Waals surface area contributed by atoms with Gasteiger partial charge < -0.3 is 37.9 Å². The third-order valence-corrected chi connectivity index (χ3v) is 9.99. The molecule has 0 amide bonds. The van der Waals surface area contributed by atoms with Crippen LogP contribution in [0.15, 0.2) is 18.7 Å². The fourth-order valence-electron chi connectivity index (χ4n) is 7.90. The molecule has 46 heavy (non-hydrogen) atoms. The van der Waals surface area contributed by atoms with Crippen LogP contribution in [0.3, 0.4) is 0 Å². The van der Waals surface area contributed by atoms with Crippen LogP contribution in [0.25, 0.3) is 0 Å². The normalized spacial score (nSPS) is 24.8. The number of likely N-dealkylation sites (N-methyl/N-ethyl adjacent to an activating group) is 1. The maximum atomic E-state index is 10.9. The lowest BCUT2D eigenvalue weighted by Gasteiger charge is -2.60. The van der Waals surface area contributed by atoms with E-state index >= 15 is 0 Å². The third-order valence-electron chi connectivity index (χ3n) is 9.99. The van der Waals surface area contributed by atoms with Crippen molar-refractivity contribution < 1.29 is 37.9 Å². The molecule has 11 nitrogen and oxygen atoms in total. The maximum Gasteiger partial charge on any atom is 0.231 e. The molecular formula is C35H45N3O8.